The molecular formula is C56H103NO5. The molecule has 6 heteroatoms. The van der Waals surface area contributed by atoms with Crippen molar-refractivity contribution in [1.29, 1.82) is 0 Å². The molecule has 362 valence electrons. The second kappa shape index (κ2) is 49.8. The van der Waals surface area contributed by atoms with Gasteiger partial charge >= 0.3 is 5.97 Å². The number of carbonyl (C=O) groups is 2. The van der Waals surface area contributed by atoms with Gasteiger partial charge in [-0.1, -0.05) is 236 Å². The summed E-state index contributed by atoms with van der Waals surface area (Å²) in [6.07, 6.45) is 60.4. The number of hydrogen-bond acceptors (Lipinski definition) is 5. The van der Waals surface area contributed by atoms with E-state index in [0.717, 1.165) is 83.5 Å². The topological polar surface area (TPSA) is 95.9 Å². The van der Waals surface area contributed by atoms with Crippen LogP contribution >= 0.6 is 0 Å². The van der Waals surface area contributed by atoms with E-state index in [4.69, 9.17) is 4.74 Å². The third-order valence-electron chi connectivity index (χ3n) is 12.2. The third kappa shape index (κ3) is 44.4. The molecule has 3 N–H and O–H groups in total. The molecule has 1 amide bonds. The molecule has 0 aromatic rings. The first-order valence-corrected chi connectivity index (χ1v) is 26.9. The normalized spacial score (nSPS) is 13.6. The van der Waals surface area contributed by atoms with Crippen molar-refractivity contribution in [3.05, 3.63) is 48.6 Å². The minimum absolute atomic E-state index is 0.0660. The van der Waals surface area contributed by atoms with Crippen LogP contribution in [0, 0.1) is 0 Å². The number of ether oxygens (including phenoxy) is 1. The summed E-state index contributed by atoms with van der Waals surface area (Å²) in [5.74, 6) is -0.506. The van der Waals surface area contributed by atoms with Gasteiger partial charge in [-0.15, -0.1) is 0 Å². The molecule has 0 heterocycles. The summed E-state index contributed by atoms with van der Waals surface area (Å²) in [6, 6.07) is -0.706. The van der Waals surface area contributed by atoms with Crippen LogP contribution in [-0.2, 0) is 14.3 Å². The lowest BCUT2D eigenvalue weighted by Crippen LogP contribution is -2.46. The molecule has 0 aliphatic rings. The quantitative estimate of drug-likeness (QED) is 0.0322. The van der Waals surface area contributed by atoms with Crippen molar-refractivity contribution >= 4 is 11.9 Å². The van der Waals surface area contributed by atoms with E-state index >= 15 is 0 Å². The molecule has 0 saturated heterocycles. The molecule has 0 spiro atoms. The van der Waals surface area contributed by atoms with Gasteiger partial charge in [-0.2, -0.15) is 0 Å². The molecule has 0 aliphatic carbocycles. The van der Waals surface area contributed by atoms with E-state index in [1.54, 1.807) is 0 Å². The maximum Gasteiger partial charge on any atom is 0.306 e. The maximum atomic E-state index is 13.2. The number of rotatable bonds is 48. The Morgan fingerprint density at radius 1 is 0.468 bits per heavy atom. The van der Waals surface area contributed by atoms with E-state index in [2.05, 4.69) is 74.7 Å². The minimum atomic E-state index is -0.791. The predicted molar refractivity (Wildman–Crippen MR) is 269 cm³/mol. The molecule has 0 bridgehead atoms. The highest BCUT2D eigenvalue weighted by Gasteiger charge is 2.24. The van der Waals surface area contributed by atoms with Crippen molar-refractivity contribution in [2.24, 2.45) is 0 Å². The fourth-order valence-electron chi connectivity index (χ4n) is 8.06. The number of aliphatic hydroxyl groups is 2. The van der Waals surface area contributed by atoms with Gasteiger partial charge in [0.05, 0.1) is 25.2 Å². The van der Waals surface area contributed by atoms with Crippen molar-refractivity contribution in [2.75, 3.05) is 6.61 Å². The van der Waals surface area contributed by atoms with Crippen LogP contribution < -0.4 is 5.32 Å². The number of hydrogen-bond donors (Lipinski definition) is 3. The molecule has 3 atom stereocenters. The Bertz CT molecular complexity index is 1070. The summed E-state index contributed by atoms with van der Waals surface area (Å²) in [5, 5.41) is 23.8. The summed E-state index contributed by atoms with van der Waals surface area (Å²) in [4.78, 5) is 26.1. The lowest BCUT2D eigenvalue weighted by molar-refractivity contribution is -0.151. The van der Waals surface area contributed by atoms with Crippen LogP contribution in [0.25, 0.3) is 0 Å². The van der Waals surface area contributed by atoms with Crippen LogP contribution in [0.4, 0.5) is 0 Å². The Morgan fingerprint density at radius 2 is 0.823 bits per heavy atom. The smallest absolute Gasteiger partial charge is 0.306 e. The standard InChI is InChI=1S/C56H103NO5/c1-4-7-10-13-16-19-21-23-25-27-28-29-31-33-35-37-40-43-46-49-56(61)62-52(47-44-41-38-18-15-12-9-6-3)50-55(60)57-53(51-58)54(59)48-45-42-39-36-34-32-30-26-24-22-20-17-14-11-8-5-2/h16,19,23,25,28-29,33,35,52-54,58-59H,4-15,17-18,20-22,24,26-27,30-32,34,36-51H2,1-3H3,(H,57,60)/b19-16-,25-23-,29-28-,35-33-. The second-order valence-corrected chi connectivity index (χ2v) is 18.3. The Kier molecular flexibility index (Phi) is 48.1. The van der Waals surface area contributed by atoms with Crippen LogP contribution in [0.3, 0.4) is 0 Å². The zero-order chi connectivity index (χ0) is 45.2. The van der Waals surface area contributed by atoms with Crippen LogP contribution in [-0.4, -0.2) is 46.9 Å². The summed E-state index contributed by atoms with van der Waals surface area (Å²) in [7, 11) is 0. The van der Waals surface area contributed by atoms with Crippen molar-refractivity contribution in [3.8, 4) is 0 Å². The van der Waals surface area contributed by atoms with Gasteiger partial charge in [0.25, 0.3) is 0 Å². The fourth-order valence-corrected chi connectivity index (χ4v) is 8.06. The molecular weight excluding hydrogens is 767 g/mol. The average Bonchev–Trinajstić information content (AvgIpc) is 3.26. The summed E-state index contributed by atoms with van der Waals surface area (Å²) in [5.41, 5.74) is 0. The molecule has 0 radical (unpaired) electrons. The van der Waals surface area contributed by atoms with Gasteiger partial charge in [0.1, 0.15) is 6.10 Å². The summed E-state index contributed by atoms with van der Waals surface area (Å²) < 4.78 is 5.90. The second-order valence-electron chi connectivity index (χ2n) is 18.3. The van der Waals surface area contributed by atoms with Crippen molar-refractivity contribution < 1.29 is 24.5 Å². The third-order valence-corrected chi connectivity index (χ3v) is 12.2. The van der Waals surface area contributed by atoms with E-state index in [0.29, 0.717) is 19.3 Å². The van der Waals surface area contributed by atoms with Crippen molar-refractivity contribution in [2.45, 2.75) is 289 Å². The number of unbranched alkanes of at least 4 members (excludes halogenated alkanes) is 28. The molecule has 0 fully saturated rings. The first kappa shape index (κ1) is 59.8. The van der Waals surface area contributed by atoms with E-state index in [-0.39, 0.29) is 24.9 Å². The van der Waals surface area contributed by atoms with Gasteiger partial charge in [0.2, 0.25) is 5.91 Å². The van der Waals surface area contributed by atoms with Gasteiger partial charge in [0.15, 0.2) is 0 Å². The maximum absolute atomic E-state index is 13.2. The Balaban J connectivity index is 4.43. The molecule has 0 aromatic carbocycles. The Labute approximate surface area is 385 Å². The highest BCUT2D eigenvalue weighted by atomic mass is 16.5. The van der Waals surface area contributed by atoms with Gasteiger partial charge < -0.3 is 20.3 Å². The number of aliphatic hydroxyl groups excluding tert-OH is 2. The average molecular weight is 870 g/mol. The van der Waals surface area contributed by atoms with Gasteiger partial charge in [-0.05, 0) is 70.6 Å². The lowest BCUT2D eigenvalue weighted by Gasteiger charge is -2.24. The minimum Gasteiger partial charge on any atom is -0.462 e. The number of esters is 1. The molecule has 0 aromatic heterocycles. The molecule has 0 rings (SSSR count). The SMILES string of the molecule is CCCCC/C=C\C/C=C\C/C=C\C/C=C\CCCCCC(=O)OC(CCCCCCCCCC)CC(=O)NC(CO)C(O)CCCCCCCCCCCCCCCCCC. The lowest BCUT2D eigenvalue weighted by atomic mass is 10.0. The summed E-state index contributed by atoms with van der Waals surface area (Å²) >= 11 is 0. The van der Waals surface area contributed by atoms with Crippen molar-refractivity contribution in [1.82, 2.24) is 5.32 Å². The highest BCUT2D eigenvalue weighted by molar-refractivity contribution is 5.77. The van der Waals surface area contributed by atoms with Gasteiger partial charge in [0, 0.05) is 6.42 Å². The first-order valence-electron chi connectivity index (χ1n) is 26.9. The number of amides is 1. The molecule has 6 nitrogen and oxygen atoms in total. The zero-order valence-corrected chi connectivity index (χ0v) is 41.3. The predicted octanol–water partition coefficient (Wildman–Crippen LogP) is 16.2. The van der Waals surface area contributed by atoms with E-state index < -0.39 is 18.2 Å². The van der Waals surface area contributed by atoms with Crippen LogP contribution in [0.1, 0.15) is 271 Å². The molecule has 62 heavy (non-hydrogen) atoms. The zero-order valence-electron chi connectivity index (χ0n) is 41.3. The van der Waals surface area contributed by atoms with Gasteiger partial charge in [-0.25, -0.2) is 0 Å². The van der Waals surface area contributed by atoms with E-state index in [1.165, 1.54) is 141 Å². The Hall–Kier alpha value is -2.18. The van der Waals surface area contributed by atoms with Crippen LogP contribution in [0.5, 0.6) is 0 Å². The van der Waals surface area contributed by atoms with Crippen molar-refractivity contribution in [3.63, 3.8) is 0 Å². The monoisotopic (exact) mass is 870 g/mol. The largest absolute Gasteiger partial charge is 0.462 e. The van der Waals surface area contributed by atoms with Gasteiger partial charge in [-0.3, -0.25) is 9.59 Å². The summed E-state index contributed by atoms with van der Waals surface area (Å²) in [6.45, 7) is 6.44. The molecule has 0 saturated carbocycles. The molecule has 0 aliphatic heterocycles. The van der Waals surface area contributed by atoms with Crippen LogP contribution in [0.2, 0.25) is 0 Å². The van der Waals surface area contributed by atoms with Crippen LogP contribution in [0.15, 0.2) is 48.6 Å². The first-order chi connectivity index (χ1) is 30.5. The fraction of sp³-hybridized carbons (Fsp3) is 0.821. The number of nitrogens with one attached hydrogen (secondary N) is 1. The molecule has 3 unspecified atom stereocenters. The Morgan fingerprint density at radius 3 is 1.26 bits per heavy atom. The number of carbonyl (C=O) groups excluding carboxylic acids is 2. The van der Waals surface area contributed by atoms with E-state index in [9.17, 15) is 19.8 Å². The highest BCUT2D eigenvalue weighted by Crippen LogP contribution is 2.18. The number of allylic oxidation sites excluding steroid dienone is 8. The van der Waals surface area contributed by atoms with E-state index in [1.807, 2.05) is 0 Å².